The zero-order valence-corrected chi connectivity index (χ0v) is 16.7. The van der Waals surface area contributed by atoms with Crippen molar-refractivity contribution in [3.63, 3.8) is 0 Å². The predicted octanol–water partition coefficient (Wildman–Crippen LogP) is 4.18. The van der Waals surface area contributed by atoms with Gasteiger partial charge in [-0.25, -0.2) is 0 Å². The largest absolute Gasteiger partial charge is 0.306 e. The van der Waals surface area contributed by atoms with Gasteiger partial charge in [0.2, 0.25) is 4.96 Å². The SMILES string of the molecule is CN1CCCC(c2nnc3sc(C(c4ccccc4)c4ccccc4)nn23)C1. The number of benzene rings is 2. The molecule has 1 atom stereocenters. The van der Waals surface area contributed by atoms with Crippen molar-refractivity contribution < 1.29 is 0 Å². The Morgan fingerprint density at radius 1 is 0.964 bits per heavy atom. The Bertz CT molecular complexity index is 1020. The topological polar surface area (TPSA) is 46.3 Å². The van der Waals surface area contributed by atoms with Crippen LogP contribution in [0.4, 0.5) is 0 Å². The van der Waals surface area contributed by atoms with Gasteiger partial charge in [0.15, 0.2) is 5.82 Å². The maximum absolute atomic E-state index is 5.02. The van der Waals surface area contributed by atoms with Gasteiger partial charge in [0, 0.05) is 12.5 Å². The third-order valence-corrected chi connectivity index (χ3v) is 6.50. The summed E-state index contributed by atoms with van der Waals surface area (Å²) in [6, 6.07) is 21.2. The van der Waals surface area contributed by atoms with Crippen molar-refractivity contribution in [1.82, 2.24) is 24.7 Å². The summed E-state index contributed by atoms with van der Waals surface area (Å²) >= 11 is 1.65. The molecule has 142 valence electrons. The van der Waals surface area contributed by atoms with Gasteiger partial charge in [-0.2, -0.15) is 9.61 Å². The number of nitrogens with zero attached hydrogens (tertiary/aromatic N) is 5. The van der Waals surface area contributed by atoms with E-state index in [1.807, 2.05) is 4.52 Å². The zero-order chi connectivity index (χ0) is 18.9. The fourth-order valence-electron chi connectivity index (χ4n) is 4.16. The predicted molar refractivity (Wildman–Crippen MR) is 112 cm³/mol. The molecule has 0 radical (unpaired) electrons. The first kappa shape index (κ1) is 17.5. The van der Waals surface area contributed by atoms with Crippen LogP contribution < -0.4 is 0 Å². The van der Waals surface area contributed by atoms with Crippen LogP contribution in [0, 0.1) is 0 Å². The number of hydrogen-bond acceptors (Lipinski definition) is 5. The summed E-state index contributed by atoms with van der Waals surface area (Å²) in [5.41, 5.74) is 2.50. The van der Waals surface area contributed by atoms with Gasteiger partial charge >= 0.3 is 0 Å². The van der Waals surface area contributed by atoms with Crippen LogP contribution in [0.5, 0.6) is 0 Å². The molecular formula is C22H23N5S. The Balaban J connectivity index is 1.58. The third-order valence-electron chi connectivity index (χ3n) is 5.53. The lowest BCUT2D eigenvalue weighted by Gasteiger charge is -2.28. The molecule has 3 heterocycles. The molecule has 0 spiro atoms. The van der Waals surface area contributed by atoms with Crippen molar-refractivity contribution in [1.29, 1.82) is 0 Å². The molecule has 0 N–H and O–H groups in total. The van der Waals surface area contributed by atoms with Gasteiger partial charge in [-0.15, -0.1) is 10.2 Å². The summed E-state index contributed by atoms with van der Waals surface area (Å²) in [7, 11) is 2.18. The van der Waals surface area contributed by atoms with E-state index in [4.69, 9.17) is 5.10 Å². The normalized spacial score (nSPS) is 18.1. The molecule has 2 aromatic carbocycles. The summed E-state index contributed by atoms with van der Waals surface area (Å²) in [4.78, 5) is 3.26. The Hall–Kier alpha value is -2.57. The Morgan fingerprint density at radius 3 is 2.29 bits per heavy atom. The maximum Gasteiger partial charge on any atom is 0.234 e. The lowest BCUT2D eigenvalue weighted by Crippen LogP contribution is -2.31. The van der Waals surface area contributed by atoms with Crippen molar-refractivity contribution in [3.05, 3.63) is 82.6 Å². The lowest BCUT2D eigenvalue weighted by atomic mass is 9.92. The highest BCUT2D eigenvalue weighted by Crippen LogP contribution is 2.35. The highest BCUT2D eigenvalue weighted by molar-refractivity contribution is 7.16. The van der Waals surface area contributed by atoms with Crippen LogP contribution in [-0.2, 0) is 0 Å². The molecule has 0 saturated carbocycles. The monoisotopic (exact) mass is 389 g/mol. The molecule has 6 heteroatoms. The van der Waals surface area contributed by atoms with Crippen molar-refractivity contribution in [2.75, 3.05) is 20.1 Å². The number of likely N-dealkylation sites (N-methyl/N-ethyl adjacent to an activating group) is 1. The highest BCUT2D eigenvalue weighted by Gasteiger charge is 2.27. The van der Waals surface area contributed by atoms with E-state index in [0.717, 1.165) is 35.3 Å². The van der Waals surface area contributed by atoms with Crippen LogP contribution in [0.2, 0.25) is 0 Å². The average molecular weight is 390 g/mol. The fraction of sp³-hybridized carbons (Fsp3) is 0.318. The minimum Gasteiger partial charge on any atom is -0.306 e. The Labute approximate surface area is 168 Å². The summed E-state index contributed by atoms with van der Waals surface area (Å²) in [5, 5.41) is 15.0. The van der Waals surface area contributed by atoms with Gasteiger partial charge in [0.25, 0.3) is 0 Å². The molecule has 28 heavy (non-hydrogen) atoms. The van der Waals surface area contributed by atoms with Gasteiger partial charge in [0.1, 0.15) is 5.01 Å². The quantitative estimate of drug-likeness (QED) is 0.525. The number of hydrogen-bond donors (Lipinski definition) is 0. The van der Waals surface area contributed by atoms with E-state index in [0.29, 0.717) is 5.92 Å². The molecule has 1 aliphatic heterocycles. The molecule has 5 rings (SSSR count). The second kappa shape index (κ2) is 7.45. The second-order valence-corrected chi connectivity index (χ2v) is 8.54. The van der Waals surface area contributed by atoms with E-state index in [1.54, 1.807) is 11.3 Å². The molecule has 0 aliphatic carbocycles. The molecule has 5 nitrogen and oxygen atoms in total. The van der Waals surface area contributed by atoms with E-state index in [-0.39, 0.29) is 5.92 Å². The maximum atomic E-state index is 5.02. The van der Waals surface area contributed by atoms with Crippen LogP contribution in [0.25, 0.3) is 4.96 Å². The first-order valence-corrected chi connectivity index (χ1v) is 10.6. The van der Waals surface area contributed by atoms with Gasteiger partial charge in [-0.05, 0) is 37.6 Å². The molecule has 1 saturated heterocycles. The number of piperidine rings is 1. The van der Waals surface area contributed by atoms with E-state index in [2.05, 4.69) is 82.8 Å². The van der Waals surface area contributed by atoms with E-state index in [9.17, 15) is 0 Å². The van der Waals surface area contributed by atoms with Crippen LogP contribution in [0.3, 0.4) is 0 Å². The van der Waals surface area contributed by atoms with E-state index >= 15 is 0 Å². The van der Waals surface area contributed by atoms with Gasteiger partial charge in [-0.3, -0.25) is 0 Å². The average Bonchev–Trinajstić information content (AvgIpc) is 3.31. The zero-order valence-electron chi connectivity index (χ0n) is 15.9. The van der Waals surface area contributed by atoms with Gasteiger partial charge in [-0.1, -0.05) is 72.0 Å². The second-order valence-electron chi connectivity index (χ2n) is 7.55. The summed E-state index contributed by atoms with van der Waals surface area (Å²) in [6.07, 6.45) is 2.35. The number of fused-ring (bicyclic) bond motifs is 1. The minimum absolute atomic E-state index is 0.107. The standard InChI is InChI=1S/C22H23N5S/c1-26-14-8-13-18(15-26)20-23-24-22-27(20)25-21(28-22)19(16-9-4-2-5-10-16)17-11-6-3-7-12-17/h2-7,9-12,18-19H,8,13-15H2,1H3. The molecule has 0 amide bonds. The van der Waals surface area contributed by atoms with Crippen molar-refractivity contribution in [2.24, 2.45) is 0 Å². The molecule has 1 aliphatic rings. The first-order valence-electron chi connectivity index (χ1n) is 9.80. The molecule has 0 bridgehead atoms. The van der Waals surface area contributed by atoms with Crippen LogP contribution in [0.15, 0.2) is 60.7 Å². The molecular weight excluding hydrogens is 366 g/mol. The van der Waals surface area contributed by atoms with Crippen molar-refractivity contribution >= 4 is 16.3 Å². The van der Waals surface area contributed by atoms with Gasteiger partial charge in [0.05, 0.1) is 5.92 Å². The highest BCUT2D eigenvalue weighted by atomic mass is 32.1. The van der Waals surface area contributed by atoms with E-state index in [1.165, 1.54) is 17.5 Å². The van der Waals surface area contributed by atoms with Crippen LogP contribution in [0.1, 0.15) is 46.6 Å². The number of aromatic nitrogens is 4. The molecule has 1 unspecified atom stereocenters. The Kier molecular flexibility index (Phi) is 4.66. The number of likely N-dealkylation sites (tertiary alicyclic amines) is 1. The van der Waals surface area contributed by atoms with E-state index < -0.39 is 0 Å². The minimum atomic E-state index is 0.107. The summed E-state index contributed by atoms with van der Waals surface area (Å²) < 4.78 is 1.99. The van der Waals surface area contributed by atoms with Gasteiger partial charge < -0.3 is 4.90 Å². The van der Waals surface area contributed by atoms with Crippen molar-refractivity contribution in [3.8, 4) is 0 Å². The first-order chi connectivity index (χ1) is 13.8. The smallest absolute Gasteiger partial charge is 0.234 e. The summed E-state index contributed by atoms with van der Waals surface area (Å²) in [5.74, 6) is 1.51. The van der Waals surface area contributed by atoms with Crippen LogP contribution >= 0.6 is 11.3 Å². The molecule has 1 fully saturated rings. The Morgan fingerprint density at radius 2 is 1.64 bits per heavy atom. The van der Waals surface area contributed by atoms with Crippen molar-refractivity contribution in [2.45, 2.75) is 24.7 Å². The summed E-state index contributed by atoms with van der Waals surface area (Å²) in [6.45, 7) is 2.18. The fourth-order valence-corrected chi connectivity index (χ4v) is 5.17. The molecule has 2 aromatic heterocycles. The van der Waals surface area contributed by atoms with Crippen LogP contribution in [-0.4, -0.2) is 44.8 Å². The third kappa shape index (κ3) is 3.23. The molecule has 4 aromatic rings. The lowest BCUT2D eigenvalue weighted by molar-refractivity contribution is 0.244. The number of rotatable bonds is 4.